The van der Waals surface area contributed by atoms with E-state index in [0.717, 1.165) is 41.3 Å². The second-order valence-electron chi connectivity index (χ2n) is 32.2. The number of nitrogens with one attached hydrogen (secondary N) is 10. The molecular formula is C93H95F5N16O13. The quantitative estimate of drug-likeness (QED) is 0.0251. The van der Waals surface area contributed by atoms with Crippen molar-refractivity contribution in [3.05, 3.63) is 275 Å². The van der Waals surface area contributed by atoms with Gasteiger partial charge < -0.3 is 70.5 Å². The van der Waals surface area contributed by atoms with Crippen molar-refractivity contribution in [2.24, 2.45) is 0 Å². The zero-order valence-electron chi connectivity index (χ0n) is 72.0. The van der Waals surface area contributed by atoms with Crippen LogP contribution in [0, 0.1) is 36.0 Å². The Morgan fingerprint density at radius 3 is 1.18 bits per heavy atom. The van der Waals surface area contributed by atoms with Crippen LogP contribution in [0.1, 0.15) is 148 Å². The molecule has 13 rings (SSSR count). The van der Waals surface area contributed by atoms with Gasteiger partial charge in [-0.2, -0.15) is 0 Å². The number of aryl methyl sites for hydroxylation is 1. The number of rotatable bonds is 24. The van der Waals surface area contributed by atoms with E-state index >= 15 is 0 Å². The third kappa shape index (κ3) is 29.7. The van der Waals surface area contributed by atoms with Crippen LogP contribution in [-0.4, -0.2) is 71.8 Å². The van der Waals surface area contributed by atoms with Gasteiger partial charge in [0.1, 0.15) is 110 Å². The molecule has 0 unspecified atom stereocenters. The number of Topliss-reactive ketones (excluding diaryl/α,β-unsaturated/α-hetero) is 1. The summed E-state index contributed by atoms with van der Waals surface area (Å²) in [7, 11) is 0. The highest BCUT2D eigenvalue weighted by atomic mass is 19.1. The zero-order chi connectivity index (χ0) is 92.0. The first-order chi connectivity index (χ1) is 60.1. The smallest absolute Gasteiger partial charge is 0.326 e. The summed E-state index contributed by atoms with van der Waals surface area (Å²) in [6.07, 6.45) is 7.90. The number of carbonyl (C=O) groups excluding carboxylic acids is 7. The lowest BCUT2D eigenvalue weighted by atomic mass is 9.86. The first-order valence-corrected chi connectivity index (χ1v) is 39.7. The summed E-state index contributed by atoms with van der Waals surface area (Å²) >= 11 is 0. The van der Waals surface area contributed by atoms with Crippen molar-refractivity contribution in [2.45, 2.75) is 145 Å². The number of carbonyl (C=O) groups is 7. The molecular weight excluding hydrogens is 1640 g/mol. The monoisotopic (exact) mass is 1740 g/mol. The molecule has 1 aliphatic rings. The number of hydrogen-bond acceptors (Lipinski definition) is 20. The second-order valence-corrected chi connectivity index (χ2v) is 32.2. The van der Waals surface area contributed by atoms with E-state index < -0.39 is 47.2 Å². The van der Waals surface area contributed by atoms with Crippen LogP contribution in [-0.2, 0) is 48.3 Å². The Morgan fingerprint density at radius 1 is 0.378 bits per heavy atom. The van der Waals surface area contributed by atoms with E-state index in [2.05, 4.69) is 111 Å². The van der Waals surface area contributed by atoms with Gasteiger partial charge in [-0.1, -0.05) is 110 Å². The molecule has 1 fully saturated rings. The summed E-state index contributed by atoms with van der Waals surface area (Å²) in [5.74, 6) is 1.39. The van der Waals surface area contributed by atoms with Crippen molar-refractivity contribution in [3.63, 3.8) is 0 Å². The number of nitrogens with zero attached hydrogens (tertiary/aromatic N) is 6. The van der Waals surface area contributed by atoms with Crippen LogP contribution in [0.2, 0.25) is 0 Å². The Hall–Kier alpha value is -15.4. The fraction of sp³-hybridized carbons (Fsp3) is 0.237. The summed E-state index contributed by atoms with van der Waals surface area (Å²) in [6, 6.07) is 41.2. The summed E-state index contributed by atoms with van der Waals surface area (Å²) in [5, 5.41) is 33.4. The van der Waals surface area contributed by atoms with Crippen LogP contribution in [0.4, 0.5) is 94.1 Å². The molecule has 0 bridgehead atoms. The Balaban J connectivity index is 0.000000177. The largest absolute Gasteiger partial charge is 0.457 e. The van der Waals surface area contributed by atoms with Crippen molar-refractivity contribution in [3.8, 4) is 46.0 Å². The van der Waals surface area contributed by atoms with Crippen molar-refractivity contribution < 1.29 is 83.5 Å². The zero-order valence-corrected chi connectivity index (χ0v) is 72.0. The predicted octanol–water partition coefficient (Wildman–Crippen LogP) is 22.4. The van der Waals surface area contributed by atoms with E-state index in [1.165, 1.54) is 124 Å². The fourth-order valence-electron chi connectivity index (χ4n) is 11.5. The molecule has 660 valence electrons. The molecule has 10 N–H and O–H groups in total. The third-order valence-corrected chi connectivity index (χ3v) is 18.0. The maximum absolute atomic E-state index is 14.6. The number of urea groups is 3. The molecule has 6 aromatic carbocycles. The predicted molar refractivity (Wildman–Crippen MR) is 473 cm³/mol. The van der Waals surface area contributed by atoms with Gasteiger partial charge in [-0.15, -0.1) is 0 Å². The van der Waals surface area contributed by atoms with Gasteiger partial charge in [0, 0.05) is 141 Å². The first kappa shape index (κ1) is 93.9. The lowest BCUT2D eigenvalue weighted by Gasteiger charge is -2.21. The Morgan fingerprint density at radius 2 is 0.787 bits per heavy atom. The van der Waals surface area contributed by atoms with Crippen LogP contribution in [0.15, 0.2) is 216 Å². The lowest BCUT2D eigenvalue weighted by molar-refractivity contribution is -0.118. The van der Waals surface area contributed by atoms with Gasteiger partial charge in [0.2, 0.25) is 23.6 Å². The van der Waals surface area contributed by atoms with Gasteiger partial charge in [-0.3, -0.25) is 29.8 Å². The lowest BCUT2D eigenvalue weighted by Crippen LogP contribution is -2.21. The van der Waals surface area contributed by atoms with Gasteiger partial charge in [-0.25, -0.2) is 56.3 Å². The normalized spacial score (nSPS) is 11.5. The molecule has 0 saturated heterocycles. The third-order valence-electron chi connectivity index (χ3n) is 18.0. The average molecular weight is 1740 g/mol. The molecule has 9 amide bonds. The molecule has 34 heteroatoms. The van der Waals surface area contributed by atoms with Crippen LogP contribution < -0.4 is 72.1 Å². The molecule has 127 heavy (non-hydrogen) atoms. The van der Waals surface area contributed by atoms with Crippen molar-refractivity contribution in [1.29, 1.82) is 0 Å². The minimum Gasteiger partial charge on any atom is -0.457 e. The van der Waals surface area contributed by atoms with Gasteiger partial charge in [0.25, 0.3) is 0 Å². The molecule has 0 radical (unpaired) electrons. The minimum absolute atomic E-state index is 0.0122. The van der Waals surface area contributed by atoms with E-state index in [-0.39, 0.29) is 110 Å². The SMILES string of the molecule is C=C(C)Nc1cc(Oc2ccc(NC(=O)Nc3cc(C(C)(C)C)no3)c(F)c2)ccn1.CC(=O)Nc1cc(Oc2ccc(CC(=O)Cc3cc(C4CC4)ccc3F)c(F)c2)ccn1.CC(=O)Nc1cc(Oc2ccc(NC(=O)Nc3cc(C(C)(C)C)ccc3C)c(F)c2)ccn1.CC(=O)Nc1cc(Oc2ccc(NC(=O)Nc3cc(C(C)(C)C)on3)c(F)c2)ccn1. The number of hydrogen-bond donors (Lipinski definition) is 10. The average Bonchev–Trinajstić information content (AvgIpc) is 1.71. The number of halogens is 5. The number of anilines is 10. The highest BCUT2D eigenvalue weighted by Gasteiger charge is 2.27. The van der Waals surface area contributed by atoms with Crippen molar-refractivity contribution >= 4 is 99.3 Å². The molecule has 1 aliphatic carbocycles. The van der Waals surface area contributed by atoms with Crippen LogP contribution in [0.5, 0.6) is 46.0 Å². The minimum atomic E-state index is -0.695. The van der Waals surface area contributed by atoms with E-state index in [4.69, 9.17) is 28.0 Å². The number of ketones is 1. The maximum atomic E-state index is 14.6. The van der Waals surface area contributed by atoms with Gasteiger partial charge in [0.05, 0.1) is 22.8 Å². The standard InChI is InChI=1S/C25H22F2N2O3.C25H27FN4O3.C22H24FN5O3.C21H22FN5O4/c1-15(30)29-25-14-22(8-9-28-25)32-21-6-4-18(24(27)13-21)11-20(31)12-19-10-17(16-2-3-16)5-7-23(19)26;1-15-6-7-17(25(3,4)5)12-22(15)30-24(32)29-21-9-8-18(13-20(21)26)33-19-10-11-27-23(14-19)28-16(2)31;1-13(2)25-19-11-15(8-9-24-19)30-14-6-7-17(16(23)10-14)26-21(29)27-20-12-18(28-31-20)22(3,4)5;1-12(28)24-18-10-14(7-8-23-18)30-13-5-6-16(15(22)9-13)25-20(29)26-19-11-17(31-27-19)21(2,3)4/h4-10,13-14,16H,2-3,11-12H2,1H3,(H,28,29,30);6-14H,1-5H3,(H,27,28,31)(H2,29,30,32);6-12H,1H2,2-5H3,(H,24,25)(H2,26,27,29);5-11H,1-4H3,(H,23,24,28)(H2,25,26,27,29). The Kier molecular flexibility index (Phi) is 31.1. The molecule has 29 nitrogen and oxygen atoms in total. The summed E-state index contributed by atoms with van der Waals surface area (Å²) in [5.41, 5.74) is 5.08. The number of ether oxygens (including phenoxy) is 4. The van der Waals surface area contributed by atoms with Crippen molar-refractivity contribution in [2.75, 3.05) is 53.2 Å². The number of amides is 9. The highest BCUT2D eigenvalue weighted by molar-refractivity contribution is 6.01. The molecule has 12 aromatic rings. The van der Waals surface area contributed by atoms with E-state index in [9.17, 15) is 55.5 Å². The Labute approximate surface area is 728 Å². The molecule has 0 aliphatic heterocycles. The van der Waals surface area contributed by atoms with E-state index in [1.54, 1.807) is 73.8 Å². The Bertz CT molecular complexity index is 5850. The molecule has 1 saturated carbocycles. The number of allylic oxidation sites excluding steroid dienone is 1. The van der Waals surface area contributed by atoms with Crippen LogP contribution >= 0.6 is 0 Å². The molecule has 6 heterocycles. The van der Waals surface area contributed by atoms with Crippen LogP contribution in [0.3, 0.4) is 0 Å². The van der Waals surface area contributed by atoms with Crippen molar-refractivity contribution in [1.82, 2.24) is 30.2 Å². The number of pyridine rings is 4. The maximum Gasteiger partial charge on any atom is 0.326 e. The molecule has 0 spiro atoms. The first-order valence-electron chi connectivity index (χ1n) is 39.7. The molecule has 0 atom stereocenters. The van der Waals surface area contributed by atoms with E-state index in [1.807, 2.05) is 66.7 Å². The molecule has 6 aromatic heterocycles. The fourth-order valence-corrected chi connectivity index (χ4v) is 11.5. The topological polar surface area (TPSA) is 380 Å². The summed E-state index contributed by atoms with van der Waals surface area (Å²) in [4.78, 5) is 98.8. The summed E-state index contributed by atoms with van der Waals surface area (Å²) in [6.45, 7) is 29.6. The number of benzene rings is 6. The summed E-state index contributed by atoms with van der Waals surface area (Å²) < 4.78 is 105. The van der Waals surface area contributed by atoms with Gasteiger partial charge >= 0.3 is 18.1 Å². The van der Waals surface area contributed by atoms with Crippen LogP contribution in [0.25, 0.3) is 0 Å². The van der Waals surface area contributed by atoms with Gasteiger partial charge in [0.15, 0.2) is 5.82 Å². The van der Waals surface area contributed by atoms with E-state index in [0.29, 0.717) is 74.9 Å². The second kappa shape index (κ2) is 42.1. The number of aromatic nitrogens is 6. The van der Waals surface area contributed by atoms with Gasteiger partial charge in [-0.05, 0) is 145 Å². The highest BCUT2D eigenvalue weighted by Crippen LogP contribution is 2.41.